The molecule has 3 nitrogen and oxygen atoms in total. The van der Waals surface area contributed by atoms with E-state index in [2.05, 4.69) is 5.32 Å². The van der Waals surface area contributed by atoms with Gasteiger partial charge in [-0.15, -0.1) is 0 Å². The Morgan fingerprint density at radius 3 is 2.59 bits per heavy atom. The fraction of sp³-hybridized carbons (Fsp3) is 0.929. The summed E-state index contributed by atoms with van der Waals surface area (Å²) in [7, 11) is 1.99. The van der Waals surface area contributed by atoms with Gasteiger partial charge in [-0.1, -0.05) is 19.3 Å². The molecular formula is C14H26N2O. The molecule has 2 fully saturated rings. The number of nitrogens with one attached hydrogen (secondary N) is 1. The zero-order valence-corrected chi connectivity index (χ0v) is 11.1. The van der Waals surface area contributed by atoms with Gasteiger partial charge in [0.15, 0.2) is 0 Å². The van der Waals surface area contributed by atoms with Gasteiger partial charge in [0.05, 0.1) is 5.92 Å². The lowest BCUT2D eigenvalue weighted by Crippen LogP contribution is -2.43. The third-order valence-electron chi connectivity index (χ3n) is 4.28. The van der Waals surface area contributed by atoms with Crippen molar-refractivity contribution in [1.29, 1.82) is 0 Å². The predicted octanol–water partition coefficient (Wildman–Crippen LogP) is 2.02. The molecule has 2 aliphatic rings. The van der Waals surface area contributed by atoms with Crippen molar-refractivity contribution in [3.63, 3.8) is 0 Å². The van der Waals surface area contributed by atoms with Crippen LogP contribution in [0.1, 0.15) is 44.9 Å². The van der Waals surface area contributed by atoms with E-state index >= 15 is 0 Å². The molecule has 2 rings (SSSR count). The zero-order valence-electron chi connectivity index (χ0n) is 11.1. The number of carbonyl (C=O) groups is 1. The normalized spacial score (nSPS) is 26.8. The maximum absolute atomic E-state index is 12.3. The second-order valence-electron chi connectivity index (χ2n) is 5.77. The van der Waals surface area contributed by atoms with Gasteiger partial charge in [0, 0.05) is 20.1 Å². The lowest BCUT2D eigenvalue weighted by atomic mass is 9.88. The lowest BCUT2D eigenvalue weighted by molar-refractivity contribution is -0.135. The molecule has 0 aromatic carbocycles. The highest BCUT2D eigenvalue weighted by Gasteiger charge is 2.25. The quantitative estimate of drug-likeness (QED) is 0.816. The van der Waals surface area contributed by atoms with Crippen molar-refractivity contribution in [2.75, 3.05) is 26.7 Å². The van der Waals surface area contributed by atoms with E-state index in [9.17, 15) is 4.79 Å². The summed E-state index contributed by atoms with van der Waals surface area (Å²) in [5, 5.41) is 3.33. The largest absolute Gasteiger partial charge is 0.345 e. The molecule has 0 aromatic rings. The predicted molar refractivity (Wildman–Crippen MR) is 69.8 cm³/mol. The summed E-state index contributed by atoms with van der Waals surface area (Å²) in [4.78, 5) is 14.3. The van der Waals surface area contributed by atoms with Gasteiger partial charge >= 0.3 is 0 Å². The van der Waals surface area contributed by atoms with Crippen LogP contribution in [-0.2, 0) is 4.79 Å². The molecule has 1 saturated heterocycles. The first-order chi connectivity index (χ1) is 8.27. The number of hydrogen-bond acceptors (Lipinski definition) is 2. The van der Waals surface area contributed by atoms with Gasteiger partial charge in [-0.05, 0) is 38.1 Å². The van der Waals surface area contributed by atoms with Gasteiger partial charge in [0.1, 0.15) is 0 Å². The van der Waals surface area contributed by atoms with Crippen molar-refractivity contribution in [3.8, 4) is 0 Å². The molecular weight excluding hydrogens is 212 g/mol. The Bertz CT molecular complexity index is 243. The number of nitrogens with zero attached hydrogens (tertiary/aromatic N) is 1. The van der Waals surface area contributed by atoms with Crippen molar-refractivity contribution >= 4 is 5.91 Å². The van der Waals surface area contributed by atoms with Gasteiger partial charge in [-0.3, -0.25) is 4.79 Å². The van der Waals surface area contributed by atoms with Crippen LogP contribution in [0.3, 0.4) is 0 Å². The fourth-order valence-electron chi connectivity index (χ4n) is 3.22. The van der Waals surface area contributed by atoms with Gasteiger partial charge in [0.2, 0.25) is 5.91 Å². The number of rotatable bonds is 3. The second-order valence-corrected chi connectivity index (χ2v) is 5.77. The zero-order chi connectivity index (χ0) is 12.1. The minimum absolute atomic E-state index is 0.234. The SMILES string of the molecule is CN(CC1CCCCC1)C(=O)[C@H]1CCCNC1. The summed E-state index contributed by atoms with van der Waals surface area (Å²) >= 11 is 0. The maximum Gasteiger partial charge on any atom is 0.226 e. The highest BCUT2D eigenvalue weighted by Crippen LogP contribution is 2.24. The molecule has 0 bridgehead atoms. The summed E-state index contributed by atoms with van der Waals surface area (Å²) in [6.07, 6.45) is 8.96. The Balaban J connectivity index is 1.77. The van der Waals surface area contributed by atoms with E-state index in [0.717, 1.165) is 38.4 Å². The van der Waals surface area contributed by atoms with Gasteiger partial charge in [-0.2, -0.15) is 0 Å². The average molecular weight is 238 g/mol. The molecule has 0 radical (unpaired) electrons. The standard InChI is InChI=1S/C14H26N2O/c1-16(11-12-6-3-2-4-7-12)14(17)13-8-5-9-15-10-13/h12-13,15H,2-11H2,1H3/t13-/m0/s1. The molecule has 1 amide bonds. The summed E-state index contributed by atoms with van der Waals surface area (Å²) in [6.45, 7) is 2.94. The molecule has 1 aliphatic heterocycles. The Hall–Kier alpha value is -0.570. The molecule has 0 aromatic heterocycles. The highest BCUT2D eigenvalue weighted by molar-refractivity contribution is 5.78. The first kappa shape index (κ1) is 12.9. The van der Waals surface area contributed by atoms with Crippen LogP contribution in [0, 0.1) is 11.8 Å². The number of amides is 1. The van der Waals surface area contributed by atoms with Crippen LogP contribution < -0.4 is 5.32 Å². The first-order valence-electron chi connectivity index (χ1n) is 7.23. The van der Waals surface area contributed by atoms with Gasteiger partial charge in [0.25, 0.3) is 0 Å². The molecule has 0 spiro atoms. The van der Waals surface area contributed by atoms with Crippen LogP contribution in [0.2, 0.25) is 0 Å². The number of hydrogen-bond donors (Lipinski definition) is 1. The van der Waals surface area contributed by atoms with E-state index in [1.54, 1.807) is 0 Å². The van der Waals surface area contributed by atoms with Gasteiger partial charge < -0.3 is 10.2 Å². The molecule has 0 unspecified atom stereocenters. The Morgan fingerprint density at radius 2 is 1.94 bits per heavy atom. The first-order valence-corrected chi connectivity index (χ1v) is 7.23. The molecule has 1 aliphatic carbocycles. The number of carbonyl (C=O) groups excluding carboxylic acids is 1. The van der Waals surface area contributed by atoms with Crippen molar-refractivity contribution in [3.05, 3.63) is 0 Å². The smallest absolute Gasteiger partial charge is 0.226 e. The summed E-state index contributed by atoms with van der Waals surface area (Å²) in [5.41, 5.74) is 0. The Labute approximate surface area is 105 Å². The van der Waals surface area contributed by atoms with Crippen LogP contribution in [0.15, 0.2) is 0 Å². The molecule has 3 heteroatoms. The Morgan fingerprint density at radius 1 is 1.18 bits per heavy atom. The van der Waals surface area contributed by atoms with E-state index in [1.165, 1.54) is 32.1 Å². The van der Waals surface area contributed by atoms with Crippen molar-refractivity contribution in [1.82, 2.24) is 10.2 Å². The summed E-state index contributed by atoms with van der Waals surface area (Å²) < 4.78 is 0. The molecule has 1 heterocycles. The van der Waals surface area contributed by atoms with Crippen LogP contribution in [0.25, 0.3) is 0 Å². The van der Waals surface area contributed by atoms with E-state index in [1.807, 2.05) is 11.9 Å². The fourth-order valence-corrected chi connectivity index (χ4v) is 3.22. The highest BCUT2D eigenvalue weighted by atomic mass is 16.2. The minimum atomic E-state index is 0.234. The lowest BCUT2D eigenvalue weighted by Gasteiger charge is -2.31. The van der Waals surface area contributed by atoms with Crippen LogP contribution >= 0.6 is 0 Å². The van der Waals surface area contributed by atoms with Crippen molar-refractivity contribution in [2.24, 2.45) is 11.8 Å². The third kappa shape index (κ3) is 3.70. The van der Waals surface area contributed by atoms with E-state index in [4.69, 9.17) is 0 Å². The minimum Gasteiger partial charge on any atom is -0.345 e. The summed E-state index contributed by atoms with van der Waals surface area (Å²) in [6, 6.07) is 0. The van der Waals surface area contributed by atoms with Crippen molar-refractivity contribution < 1.29 is 4.79 Å². The molecule has 1 N–H and O–H groups in total. The molecule has 17 heavy (non-hydrogen) atoms. The summed E-state index contributed by atoms with van der Waals surface area (Å²) in [5.74, 6) is 1.36. The molecule has 1 atom stereocenters. The van der Waals surface area contributed by atoms with Crippen LogP contribution in [0.5, 0.6) is 0 Å². The molecule has 98 valence electrons. The Kier molecular flexibility index (Phi) is 4.84. The number of piperidine rings is 1. The molecule has 1 saturated carbocycles. The third-order valence-corrected chi connectivity index (χ3v) is 4.28. The van der Waals surface area contributed by atoms with E-state index in [0.29, 0.717) is 5.91 Å². The maximum atomic E-state index is 12.3. The topological polar surface area (TPSA) is 32.3 Å². The van der Waals surface area contributed by atoms with Crippen molar-refractivity contribution in [2.45, 2.75) is 44.9 Å². The average Bonchev–Trinajstić information content (AvgIpc) is 2.40. The second kappa shape index (κ2) is 6.39. The van der Waals surface area contributed by atoms with E-state index in [-0.39, 0.29) is 5.92 Å². The monoisotopic (exact) mass is 238 g/mol. The van der Waals surface area contributed by atoms with Gasteiger partial charge in [-0.25, -0.2) is 0 Å². The van der Waals surface area contributed by atoms with Crippen LogP contribution in [-0.4, -0.2) is 37.5 Å². The van der Waals surface area contributed by atoms with E-state index < -0.39 is 0 Å². The van der Waals surface area contributed by atoms with Crippen LogP contribution in [0.4, 0.5) is 0 Å².